The number of aromatic nitrogens is 2. The molecule has 0 aliphatic carbocycles. The summed E-state index contributed by atoms with van der Waals surface area (Å²) >= 11 is 1.25. The molecule has 0 radical (unpaired) electrons. The molecule has 0 spiro atoms. The van der Waals surface area contributed by atoms with Crippen LogP contribution in [0.15, 0.2) is 48.5 Å². The number of aryl methyl sites for hydroxylation is 1. The van der Waals surface area contributed by atoms with Crippen molar-refractivity contribution in [2.75, 3.05) is 5.32 Å². The third-order valence-corrected chi connectivity index (χ3v) is 4.69. The number of benzene rings is 2. The van der Waals surface area contributed by atoms with Gasteiger partial charge < -0.3 is 5.32 Å². The van der Waals surface area contributed by atoms with Crippen LogP contribution in [0.1, 0.15) is 22.8 Å². The fraction of sp³-hybridized carbons (Fsp3) is 0.158. The van der Waals surface area contributed by atoms with E-state index in [-0.39, 0.29) is 5.56 Å². The summed E-state index contributed by atoms with van der Waals surface area (Å²) in [4.78, 5) is 24.4. The summed E-state index contributed by atoms with van der Waals surface area (Å²) in [5.74, 6) is -1.31. The molecule has 0 unspecified atom stereocenters. The molecule has 3 rings (SSSR count). The number of amides is 2. The molecular weight excluding hydrogens is 367 g/mol. The smallest absolute Gasteiger partial charge is 0.251 e. The molecule has 0 fully saturated rings. The molecule has 27 heavy (non-hydrogen) atoms. The van der Waals surface area contributed by atoms with Crippen molar-refractivity contribution in [1.29, 1.82) is 0 Å². The molecule has 0 aliphatic heterocycles. The molecule has 6 nitrogen and oxygen atoms in total. The average molecular weight is 384 g/mol. The molecule has 1 aromatic heterocycles. The first-order valence-electron chi connectivity index (χ1n) is 8.20. The van der Waals surface area contributed by atoms with Crippen LogP contribution in [-0.4, -0.2) is 28.1 Å². The zero-order valence-electron chi connectivity index (χ0n) is 14.7. The Morgan fingerprint density at radius 1 is 1.04 bits per heavy atom. The predicted octanol–water partition coefficient (Wildman–Crippen LogP) is 3.41. The second-order valence-corrected chi connectivity index (χ2v) is 6.95. The second-order valence-electron chi connectivity index (χ2n) is 5.97. The van der Waals surface area contributed by atoms with Gasteiger partial charge in [-0.1, -0.05) is 41.2 Å². The van der Waals surface area contributed by atoms with E-state index in [0.29, 0.717) is 10.1 Å². The zero-order valence-corrected chi connectivity index (χ0v) is 15.5. The molecule has 0 saturated heterocycles. The first kappa shape index (κ1) is 18.7. The molecule has 3 aromatic rings. The molecule has 0 bridgehead atoms. The molecule has 2 amide bonds. The number of nitrogens with zero attached hydrogens (tertiary/aromatic N) is 2. The van der Waals surface area contributed by atoms with Crippen LogP contribution in [0.5, 0.6) is 0 Å². The van der Waals surface area contributed by atoms with Crippen molar-refractivity contribution in [3.63, 3.8) is 0 Å². The van der Waals surface area contributed by atoms with Crippen LogP contribution in [-0.2, 0) is 4.79 Å². The zero-order chi connectivity index (χ0) is 19.4. The highest BCUT2D eigenvalue weighted by atomic mass is 32.1. The lowest BCUT2D eigenvalue weighted by Gasteiger charge is -2.12. The Hall–Kier alpha value is -3.13. The summed E-state index contributed by atoms with van der Waals surface area (Å²) in [5.41, 5.74) is 2.33. The van der Waals surface area contributed by atoms with Gasteiger partial charge in [-0.25, -0.2) is 4.39 Å². The minimum Gasteiger partial charge on any atom is -0.341 e. The Morgan fingerprint density at radius 2 is 1.70 bits per heavy atom. The molecule has 0 aliphatic rings. The summed E-state index contributed by atoms with van der Waals surface area (Å²) in [5, 5.41) is 14.3. The quantitative estimate of drug-likeness (QED) is 0.706. The number of rotatable bonds is 5. The molecule has 2 aromatic carbocycles. The van der Waals surface area contributed by atoms with Gasteiger partial charge in [0.25, 0.3) is 5.91 Å². The van der Waals surface area contributed by atoms with E-state index in [4.69, 9.17) is 0 Å². The van der Waals surface area contributed by atoms with E-state index in [1.54, 1.807) is 6.92 Å². The summed E-state index contributed by atoms with van der Waals surface area (Å²) < 4.78 is 12.9. The van der Waals surface area contributed by atoms with Gasteiger partial charge in [0.1, 0.15) is 16.9 Å². The van der Waals surface area contributed by atoms with E-state index in [1.165, 1.54) is 35.6 Å². The third-order valence-electron chi connectivity index (χ3n) is 3.80. The van der Waals surface area contributed by atoms with Crippen LogP contribution in [0.4, 0.5) is 9.52 Å². The predicted molar refractivity (Wildman–Crippen MR) is 102 cm³/mol. The second kappa shape index (κ2) is 8.05. The van der Waals surface area contributed by atoms with E-state index in [1.807, 2.05) is 31.2 Å². The number of nitrogens with one attached hydrogen (secondary N) is 2. The van der Waals surface area contributed by atoms with Gasteiger partial charge in [-0.05, 0) is 38.1 Å². The maximum Gasteiger partial charge on any atom is 0.251 e. The van der Waals surface area contributed by atoms with Crippen molar-refractivity contribution >= 4 is 28.3 Å². The maximum absolute atomic E-state index is 12.9. The normalized spacial score (nSPS) is 11.7. The fourth-order valence-corrected chi connectivity index (χ4v) is 3.00. The average Bonchev–Trinajstić information content (AvgIpc) is 3.11. The highest BCUT2D eigenvalue weighted by Crippen LogP contribution is 2.26. The lowest BCUT2D eigenvalue weighted by molar-refractivity contribution is -0.117. The van der Waals surface area contributed by atoms with Gasteiger partial charge in [0.2, 0.25) is 11.0 Å². The number of halogens is 1. The van der Waals surface area contributed by atoms with E-state index in [9.17, 15) is 14.0 Å². The molecule has 1 heterocycles. The van der Waals surface area contributed by atoms with Gasteiger partial charge in [-0.15, -0.1) is 10.2 Å². The van der Waals surface area contributed by atoms with E-state index < -0.39 is 23.7 Å². The molecule has 138 valence electrons. The van der Waals surface area contributed by atoms with Gasteiger partial charge in [-0.2, -0.15) is 0 Å². The van der Waals surface area contributed by atoms with E-state index >= 15 is 0 Å². The Morgan fingerprint density at radius 3 is 2.37 bits per heavy atom. The first-order valence-corrected chi connectivity index (χ1v) is 9.02. The van der Waals surface area contributed by atoms with Crippen molar-refractivity contribution in [2.24, 2.45) is 0 Å². The minimum atomic E-state index is -0.797. The Bertz CT molecular complexity index is 955. The minimum absolute atomic E-state index is 0.272. The Labute approximate surface area is 159 Å². The van der Waals surface area contributed by atoms with Crippen LogP contribution in [0.25, 0.3) is 10.6 Å². The number of hydrogen-bond acceptors (Lipinski definition) is 5. The fourth-order valence-electron chi connectivity index (χ4n) is 2.25. The van der Waals surface area contributed by atoms with Gasteiger partial charge >= 0.3 is 0 Å². The highest BCUT2D eigenvalue weighted by molar-refractivity contribution is 7.18. The summed E-state index contributed by atoms with van der Waals surface area (Å²) in [6.07, 6.45) is 0. The lowest BCUT2D eigenvalue weighted by atomic mass is 10.2. The van der Waals surface area contributed by atoms with Gasteiger partial charge in [0.15, 0.2) is 0 Å². The van der Waals surface area contributed by atoms with Crippen molar-refractivity contribution in [3.05, 3.63) is 65.5 Å². The highest BCUT2D eigenvalue weighted by Gasteiger charge is 2.18. The van der Waals surface area contributed by atoms with Crippen molar-refractivity contribution in [2.45, 2.75) is 19.9 Å². The molecule has 8 heteroatoms. The van der Waals surface area contributed by atoms with Crippen LogP contribution in [0, 0.1) is 12.7 Å². The third kappa shape index (κ3) is 4.73. The maximum atomic E-state index is 12.9. The molecule has 2 N–H and O–H groups in total. The Balaban J connectivity index is 1.60. The monoisotopic (exact) mass is 384 g/mol. The van der Waals surface area contributed by atoms with Gasteiger partial charge in [-0.3, -0.25) is 14.9 Å². The Kier molecular flexibility index (Phi) is 5.56. The summed E-state index contributed by atoms with van der Waals surface area (Å²) in [6, 6.07) is 12.1. The standard InChI is InChI=1S/C19H17FN4O2S/c1-11-3-5-14(6-4-11)18-23-24-19(27-18)22-16(25)12(2)21-17(26)13-7-9-15(20)10-8-13/h3-10,12H,1-2H3,(H,21,26)(H,22,24,25)/t12-/m0/s1. The molecular formula is C19H17FN4O2S. The topological polar surface area (TPSA) is 84.0 Å². The lowest BCUT2D eigenvalue weighted by Crippen LogP contribution is -2.41. The van der Waals surface area contributed by atoms with Crippen molar-refractivity contribution in [1.82, 2.24) is 15.5 Å². The van der Waals surface area contributed by atoms with Crippen molar-refractivity contribution in [3.8, 4) is 10.6 Å². The summed E-state index contributed by atoms with van der Waals surface area (Å²) in [6.45, 7) is 3.55. The number of carbonyl (C=O) groups excluding carboxylic acids is 2. The summed E-state index contributed by atoms with van der Waals surface area (Å²) in [7, 11) is 0. The number of anilines is 1. The van der Waals surface area contributed by atoms with Crippen LogP contribution in [0.3, 0.4) is 0 Å². The molecule has 1 atom stereocenters. The molecule has 0 saturated carbocycles. The van der Waals surface area contributed by atoms with Gasteiger partial charge in [0.05, 0.1) is 0 Å². The van der Waals surface area contributed by atoms with E-state index in [0.717, 1.165) is 11.1 Å². The van der Waals surface area contributed by atoms with Crippen LogP contribution in [0.2, 0.25) is 0 Å². The van der Waals surface area contributed by atoms with Crippen LogP contribution >= 0.6 is 11.3 Å². The van der Waals surface area contributed by atoms with Crippen LogP contribution < -0.4 is 10.6 Å². The van der Waals surface area contributed by atoms with E-state index in [2.05, 4.69) is 20.8 Å². The number of carbonyl (C=O) groups is 2. The van der Waals surface area contributed by atoms with Crippen molar-refractivity contribution < 1.29 is 14.0 Å². The number of hydrogen-bond donors (Lipinski definition) is 2. The SMILES string of the molecule is Cc1ccc(-c2nnc(NC(=O)[C@H](C)NC(=O)c3ccc(F)cc3)s2)cc1. The first-order chi connectivity index (χ1) is 12.9. The largest absolute Gasteiger partial charge is 0.341 e. The van der Waals surface area contributed by atoms with Gasteiger partial charge in [0, 0.05) is 11.1 Å².